The molecule has 2 aliphatic heterocycles. The fraction of sp³-hybridized carbons (Fsp3) is 0.455. The lowest BCUT2D eigenvalue weighted by Gasteiger charge is -2.27. The first-order valence-corrected chi connectivity index (χ1v) is 9.45. The van der Waals surface area contributed by atoms with Gasteiger partial charge in [0.1, 0.15) is 11.7 Å². The summed E-state index contributed by atoms with van der Waals surface area (Å²) in [6.07, 6.45) is -0.817. The second kappa shape index (κ2) is 7.74. The highest BCUT2D eigenvalue weighted by atomic mass is 16.6. The number of hydrogen-bond acceptors (Lipinski definition) is 7. The highest BCUT2D eigenvalue weighted by Crippen LogP contribution is 2.54. The topological polar surface area (TPSA) is 75.6 Å². The quantitative estimate of drug-likeness (QED) is 0.796. The number of methoxy groups -OCH3 is 4. The predicted molar refractivity (Wildman–Crippen MR) is 105 cm³/mol. The molecule has 2 fully saturated rings. The standard InChI is InChI=1S/C22H26O7/c1-24-16-7-5-13(9-18(16)26-3)20-15-11-28-21(22(15,23)12-29-20)14-6-8-17(25-2)19(10-14)27-4/h5-10,15,20-21,23H,11-12H2,1-4H3/t15-,20+,21-,22-/m0/s1. The van der Waals surface area contributed by atoms with E-state index in [0.717, 1.165) is 11.1 Å². The molecule has 2 heterocycles. The fourth-order valence-electron chi connectivity index (χ4n) is 4.31. The van der Waals surface area contributed by atoms with E-state index in [-0.39, 0.29) is 18.6 Å². The van der Waals surface area contributed by atoms with Crippen molar-refractivity contribution in [2.75, 3.05) is 41.7 Å². The molecule has 156 valence electrons. The molecule has 7 heteroatoms. The van der Waals surface area contributed by atoms with Gasteiger partial charge in [0.15, 0.2) is 23.0 Å². The van der Waals surface area contributed by atoms with E-state index in [1.54, 1.807) is 28.4 Å². The molecule has 2 aromatic carbocycles. The van der Waals surface area contributed by atoms with Gasteiger partial charge in [-0.15, -0.1) is 0 Å². The molecule has 0 aromatic heterocycles. The first-order chi connectivity index (χ1) is 14.0. The van der Waals surface area contributed by atoms with E-state index in [9.17, 15) is 5.11 Å². The average Bonchev–Trinajstić information content (AvgIpc) is 3.27. The van der Waals surface area contributed by atoms with Crippen LogP contribution in [0.15, 0.2) is 36.4 Å². The van der Waals surface area contributed by atoms with Crippen LogP contribution in [0, 0.1) is 5.92 Å². The van der Waals surface area contributed by atoms with E-state index in [2.05, 4.69) is 0 Å². The van der Waals surface area contributed by atoms with Crippen LogP contribution in [0.25, 0.3) is 0 Å². The molecule has 2 aliphatic rings. The van der Waals surface area contributed by atoms with Crippen molar-refractivity contribution in [3.05, 3.63) is 47.5 Å². The van der Waals surface area contributed by atoms with Crippen molar-refractivity contribution in [3.8, 4) is 23.0 Å². The third-order valence-electron chi connectivity index (χ3n) is 5.84. The molecule has 0 unspecified atom stereocenters. The van der Waals surface area contributed by atoms with Gasteiger partial charge in [-0.05, 0) is 35.4 Å². The highest BCUT2D eigenvalue weighted by molar-refractivity contribution is 5.46. The van der Waals surface area contributed by atoms with E-state index in [1.165, 1.54) is 0 Å². The Kier molecular flexibility index (Phi) is 5.29. The Morgan fingerprint density at radius 1 is 0.793 bits per heavy atom. The van der Waals surface area contributed by atoms with Crippen molar-refractivity contribution in [3.63, 3.8) is 0 Å². The molecule has 7 nitrogen and oxygen atoms in total. The summed E-state index contributed by atoms with van der Waals surface area (Å²) < 4.78 is 33.5. The van der Waals surface area contributed by atoms with E-state index in [0.29, 0.717) is 29.6 Å². The van der Waals surface area contributed by atoms with Crippen molar-refractivity contribution >= 4 is 0 Å². The molecule has 29 heavy (non-hydrogen) atoms. The van der Waals surface area contributed by atoms with Crippen LogP contribution in [-0.2, 0) is 9.47 Å². The molecule has 0 amide bonds. The first kappa shape index (κ1) is 19.8. The molecule has 0 bridgehead atoms. The number of hydrogen-bond donors (Lipinski definition) is 1. The monoisotopic (exact) mass is 402 g/mol. The van der Waals surface area contributed by atoms with Gasteiger partial charge in [-0.1, -0.05) is 12.1 Å². The Morgan fingerprint density at radius 3 is 1.93 bits per heavy atom. The lowest BCUT2D eigenvalue weighted by atomic mass is 9.81. The molecule has 1 N–H and O–H groups in total. The Balaban J connectivity index is 1.63. The zero-order chi connectivity index (χ0) is 20.6. The van der Waals surface area contributed by atoms with E-state index in [4.69, 9.17) is 28.4 Å². The maximum Gasteiger partial charge on any atom is 0.161 e. The first-order valence-electron chi connectivity index (χ1n) is 9.45. The van der Waals surface area contributed by atoms with Crippen molar-refractivity contribution in [1.29, 1.82) is 0 Å². The van der Waals surface area contributed by atoms with Gasteiger partial charge in [0.05, 0.1) is 47.8 Å². The largest absolute Gasteiger partial charge is 0.493 e. The molecular weight excluding hydrogens is 376 g/mol. The highest BCUT2D eigenvalue weighted by Gasteiger charge is 2.59. The maximum absolute atomic E-state index is 11.5. The summed E-state index contributed by atoms with van der Waals surface area (Å²) in [6.45, 7) is 0.560. The Hall–Kier alpha value is -2.48. The number of fused-ring (bicyclic) bond motifs is 1. The normalized spacial score (nSPS) is 28.1. The number of aliphatic hydroxyl groups is 1. The van der Waals surface area contributed by atoms with Gasteiger partial charge in [-0.3, -0.25) is 0 Å². The minimum Gasteiger partial charge on any atom is -0.493 e. The maximum atomic E-state index is 11.5. The zero-order valence-corrected chi connectivity index (χ0v) is 17.0. The number of rotatable bonds is 6. The molecule has 0 spiro atoms. The molecule has 4 atom stereocenters. The summed E-state index contributed by atoms with van der Waals surface area (Å²) in [7, 11) is 6.37. The Bertz CT molecular complexity index is 883. The van der Waals surface area contributed by atoms with Crippen LogP contribution in [-0.4, -0.2) is 52.4 Å². The van der Waals surface area contributed by atoms with Gasteiger partial charge in [0.25, 0.3) is 0 Å². The molecular formula is C22H26O7. The third kappa shape index (κ3) is 3.19. The summed E-state index contributed by atoms with van der Waals surface area (Å²) in [5.41, 5.74) is 0.599. The van der Waals surface area contributed by atoms with E-state index < -0.39 is 11.7 Å². The lowest BCUT2D eigenvalue weighted by molar-refractivity contribution is -0.0628. The summed E-state index contributed by atoms with van der Waals surface area (Å²) in [5.74, 6) is 2.29. The SMILES string of the molecule is COc1ccc([C@H]2OC[C@@]3(O)[C@H](c4ccc(OC)c(OC)c4)OC[C@@H]23)cc1OC. The van der Waals surface area contributed by atoms with Crippen LogP contribution in [0.1, 0.15) is 23.3 Å². The lowest BCUT2D eigenvalue weighted by Crippen LogP contribution is -2.39. The van der Waals surface area contributed by atoms with Gasteiger partial charge in [0.2, 0.25) is 0 Å². The van der Waals surface area contributed by atoms with Crippen molar-refractivity contribution in [2.24, 2.45) is 5.92 Å². The van der Waals surface area contributed by atoms with E-state index >= 15 is 0 Å². The summed E-state index contributed by atoms with van der Waals surface area (Å²) in [4.78, 5) is 0. The van der Waals surface area contributed by atoms with Gasteiger partial charge in [0, 0.05) is 5.92 Å². The molecule has 4 rings (SSSR count). The Labute approximate surface area is 170 Å². The fourth-order valence-corrected chi connectivity index (χ4v) is 4.31. The number of ether oxygens (including phenoxy) is 6. The minimum atomic E-state index is -1.14. The molecule has 0 aliphatic carbocycles. The molecule has 2 saturated heterocycles. The third-order valence-corrected chi connectivity index (χ3v) is 5.84. The van der Waals surface area contributed by atoms with Crippen molar-refractivity contribution in [1.82, 2.24) is 0 Å². The second-order valence-corrected chi connectivity index (χ2v) is 7.27. The number of benzene rings is 2. The van der Waals surface area contributed by atoms with E-state index in [1.807, 2.05) is 36.4 Å². The van der Waals surface area contributed by atoms with Crippen molar-refractivity contribution in [2.45, 2.75) is 17.8 Å². The summed E-state index contributed by atoms with van der Waals surface area (Å²) >= 11 is 0. The second-order valence-electron chi connectivity index (χ2n) is 7.27. The minimum absolute atomic E-state index is 0.176. The van der Waals surface area contributed by atoms with Gasteiger partial charge < -0.3 is 33.5 Å². The Morgan fingerprint density at radius 2 is 1.34 bits per heavy atom. The van der Waals surface area contributed by atoms with Crippen LogP contribution >= 0.6 is 0 Å². The molecule has 0 radical (unpaired) electrons. The van der Waals surface area contributed by atoms with Crippen LogP contribution in [0.5, 0.6) is 23.0 Å². The van der Waals surface area contributed by atoms with Gasteiger partial charge in [-0.25, -0.2) is 0 Å². The summed E-state index contributed by atoms with van der Waals surface area (Å²) in [5, 5.41) is 11.5. The van der Waals surface area contributed by atoms with Crippen LogP contribution in [0.3, 0.4) is 0 Å². The molecule has 2 aromatic rings. The van der Waals surface area contributed by atoms with Crippen LogP contribution in [0.4, 0.5) is 0 Å². The summed E-state index contributed by atoms with van der Waals surface area (Å²) in [6, 6.07) is 11.2. The van der Waals surface area contributed by atoms with Crippen LogP contribution < -0.4 is 18.9 Å². The molecule has 0 saturated carbocycles. The smallest absolute Gasteiger partial charge is 0.161 e. The zero-order valence-electron chi connectivity index (χ0n) is 17.0. The predicted octanol–water partition coefficient (Wildman–Crippen LogP) is 2.91. The van der Waals surface area contributed by atoms with Crippen LogP contribution in [0.2, 0.25) is 0 Å². The van der Waals surface area contributed by atoms with Gasteiger partial charge >= 0.3 is 0 Å². The average molecular weight is 402 g/mol. The van der Waals surface area contributed by atoms with Crippen molar-refractivity contribution < 1.29 is 33.5 Å². The van der Waals surface area contributed by atoms with Gasteiger partial charge in [-0.2, -0.15) is 0 Å².